The van der Waals surface area contributed by atoms with Gasteiger partial charge in [0.15, 0.2) is 0 Å². The zero-order valence-corrected chi connectivity index (χ0v) is 15.1. The number of hydrogen-bond donors (Lipinski definition) is 1. The summed E-state index contributed by atoms with van der Waals surface area (Å²) in [5.74, 6) is -0.403. The van der Waals surface area contributed by atoms with Gasteiger partial charge in [0.25, 0.3) is 0 Å². The molecular formula is C17H22N2O4S. The molecule has 1 aromatic carbocycles. The van der Waals surface area contributed by atoms with Crippen LogP contribution in [0.1, 0.15) is 23.7 Å². The maximum atomic E-state index is 13.0. The number of hydrogen-bond acceptors (Lipinski definition) is 5. The fourth-order valence-corrected chi connectivity index (χ4v) is 4.24. The molecule has 0 bridgehead atoms. The third kappa shape index (κ3) is 3.17. The average molecular weight is 350 g/mol. The van der Waals surface area contributed by atoms with Crippen LogP contribution in [0.5, 0.6) is 0 Å². The molecule has 2 aromatic rings. The summed E-state index contributed by atoms with van der Waals surface area (Å²) in [5, 5.41) is 0. The molecule has 7 heteroatoms. The van der Waals surface area contributed by atoms with Gasteiger partial charge in [0, 0.05) is 5.69 Å². The second kappa shape index (κ2) is 6.68. The summed E-state index contributed by atoms with van der Waals surface area (Å²) >= 11 is 0. The number of ether oxygens (including phenoxy) is 1. The topological polar surface area (TPSA) is 91.4 Å². The number of aryl methyl sites for hydroxylation is 1. The van der Waals surface area contributed by atoms with Gasteiger partial charge in [-0.15, -0.1) is 0 Å². The number of benzene rings is 1. The zero-order valence-electron chi connectivity index (χ0n) is 14.3. The Morgan fingerprint density at radius 2 is 1.75 bits per heavy atom. The summed E-state index contributed by atoms with van der Waals surface area (Å²) in [5.41, 5.74) is 8.22. The van der Waals surface area contributed by atoms with Gasteiger partial charge in [-0.25, -0.2) is 8.42 Å². The highest BCUT2D eigenvalue weighted by molar-refractivity contribution is 7.91. The van der Waals surface area contributed by atoms with E-state index in [-0.39, 0.29) is 28.8 Å². The Labute approximate surface area is 142 Å². The van der Waals surface area contributed by atoms with Crippen molar-refractivity contribution < 1.29 is 17.9 Å². The predicted molar refractivity (Wildman–Crippen MR) is 91.6 cm³/mol. The molecule has 1 heterocycles. The minimum atomic E-state index is -3.76. The first-order valence-electron chi connectivity index (χ1n) is 7.62. The van der Waals surface area contributed by atoms with E-state index in [9.17, 15) is 13.2 Å². The highest BCUT2D eigenvalue weighted by Crippen LogP contribution is 2.33. The number of rotatable bonds is 5. The van der Waals surface area contributed by atoms with Gasteiger partial charge in [-0.3, -0.25) is 4.79 Å². The molecule has 2 N–H and O–H groups in total. The van der Waals surface area contributed by atoms with Crippen LogP contribution < -0.4 is 5.73 Å². The Morgan fingerprint density at radius 1 is 1.17 bits per heavy atom. The largest absolute Gasteiger partial charge is 0.465 e. The Hall–Kier alpha value is -2.28. The van der Waals surface area contributed by atoms with Crippen molar-refractivity contribution in [3.8, 4) is 0 Å². The number of carbonyl (C=O) groups excluding carboxylic acids is 1. The normalized spacial score (nSPS) is 11.5. The van der Waals surface area contributed by atoms with Crippen LogP contribution in [0.3, 0.4) is 0 Å². The Morgan fingerprint density at radius 3 is 2.29 bits per heavy atom. The lowest BCUT2D eigenvalue weighted by molar-refractivity contribution is -0.143. The lowest BCUT2D eigenvalue weighted by Gasteiger charge is -2.09. The first-order valence-corrected chi connectivity index (χ1v) is 9.11. The molecule has 0 aliphatic rings. The Balaban J connectivity index is 2.55. The second-order valence-electron chi connectivity index (χ2n) is 5.63. The summed E-state index contributed by atoms with van der Waals surface area (Å²) < 4.78 is 32.3. The summed E-state index contributed by atoms with van der Waals surface area (Å²) in [6, 6.07) is 6.59. The maximum absolute atomic E-state index is 13.0. The molecule has 2 rings (SSSR count). The van der Waals surface area contributed by atoms with Crippen LogP contribution >= 0.6 is 0 Å². The van der Waals surface area contributed by atoms with E-state index in [1.54, 1.807) is 45.0 Å². The smallest absolute Gasteiger partial charge is 0.326 e. The molecule has 0 fully saturated rings. The molecule has 0 atom stereocenters. The van der Waals surface area contributed by atoms with Crippen LogP contribution in [0.25, 0.3) is 0 Å². The van der Waals surface area contributed by atoms with Gasteiger partial charge < -0.3 is 15.0 Å². The molecular weight excluding hydrogens is 328 g/mol. The molecule has 130 valence electrons. The number of nitrogens with zero attached hydrogens (tertiary/aromatic N) is 1. The van der Waals surface area contributed by atoms with Crippen molar-refractivity contribution >= 4 is 21.6 Å². The molecule has 0 saturated carbocycles. The second-order valence-corrected chi connectivity index (χ2v) is 7.52. The molecule has 0 unspecified atom stereocenters. The third-order valence-electron chi connectivity index (χ3n) is 4.00. The number of nitrogen functional groups attached to an aromatic ring is 1. The van der Waals surface area contributed by atoms with Crippen molar-refractivity contribution in [2.45, 2.75) is 44.0 Å². The van der Waals surface area contributed by atoms with Crippen molar-refractivity contribution in [1.82, 2.24) is 4.57 Å². The molecule has 24 heavy (non-hydrogen) atoms. The van der Waals surface area contributed by atoms with Crippen molar-refractivity contribution in [3.05, 3.63) is 41.1 Å². The quantitative estimate of drug-likeness (QED) is 0.836. The minimum absolute atomic E-state index is 0.0492. The molecule has 0 aliphatic heterocycles. The van der Waals surface area contributed by atoms with Crippen molar-refractivity contribution in [1.29, 1.82) is 0 Å². The summed E-state index contributed by atoms with van der Waals surface area (Å²) in [4.78, 5) is 12.0. The van der Waals surface area contributed by atoms with E-state index in [1.807, 2.05) is 6.92 Å². The van der Waals surface area contributed by atoms with E-state index >= 15 is 0 Å². The van der Waals surface area contributed by atoms with Crippen molar-refractivity contribution in [2.24, 2.45) is 0 Å². The standard InChI is InChI=1S/C17H22N2O4S/c1-5-23-15(20)10-19-13(4)12(3)16(17(19)18)24(21,22)14-8-6-11(2)7-9-14/h6-9H,5,10,18H2,1-4H3. The van der Waals surface area contributed by atoms with Crippen LogP contribution in [0, 0.1) is 20.8 Å². The molecule has 0 radical (unpaired) electrons. The van der Waals surface area contributed by atoms with E-state index in [2.05, 4.69) is 0 Å². The number of esters is 1. The number of aromatic nitrogens is 1. The molecule has 1 aromatic heterocycles. The van der Waals surface area contributed by atoms with Gasteiger partial charge in [-0.2, -0.15) is 0 Å². The van der Waals surface area contributed by atoms with Gasteiger partial charge in [-0.1, -0.05) is 17.7 Å². The summed E-state index contributed by atoms with van der Waals surface area (Å²) in [6.07, 6.45) is 0. The number of anilines is 1. The molecule has 6 nitrogen and oxygen atoms in total. The van der Waals surface area contributed by atoms with E-state index in [0.717, 1.165) is 5.56 Å². The lowest BCUT2D eigenvalue weighted by Crippen LogP contribution is -2.16. The van der Waals surface area contributed by atoms with Gasteiger partial charge in [0.05, 0.1) is 11.5 Å². The molecule has 0 spiro atoms. The predicted octanol–water partition coefficient (Wildman–Crippen LogP) is 2.39. The van der Waals surface area contributed by atoms with E-state index in [0.29, 0.717) is 11.3 Å². The highest BCUT2D eigenvalue weighted by Gasteiger charge is 2.28. The van der Waals surface area contributed by atoms with E-state index in [4.69, 9.17) is 10.5 Å². The minimum Gasteiger partial charge on any atom is -0.465 e. The van der Waals surface area contributed by atoms with Gasteiger partial charge in [0.1, 0.15) is 17.3 Å². The Bertz CT molecular complexity index is 865. The summed E-state index contributed by atoms with van der Waals surface area (Å²) in [6.45, 7) is 7.16. The van der Waals surface area contributed by atoms with Crippen LogP contribution in [0.4, 0.5) is 5.82 Å². The van der Waals surface area contributed by atoms with Crippen LogP contribution in [0.2, 0.25) is 0 Å². The van der Waals surface area contributed by atoms with Crippen LogP contribution in [-0.4, -0.2) is 25.6 Å². The Kier molecular flexibility index (Phi) is 5.03. The monoisotopic (exact) mass is 350 g/mol. The first kappa shape index (κ1) is 18.1. The summed E-state index contributed by atoms with van der Waals surface area (Å²) in [7, 11) is -3.76. The number of sulfone groups is 1. The number of carbonyl (C=O) groups is 1. The SMILES string of the molecule is CCOC(=O)Cn1c(C)c(C)c(S(=O)(=O)c2ccc(C)cc2)c1N. The van der Waals surface area contributed by atoms with E-state index < -0.39 is 15.8 Å². The third-order valence-corrected chi connectivity index (χ3v) is 5.95. The van der Waals surface area contributed by atoms with E-state index in [1.165, 1.54) is 4.57 Å². The molecule has 0 saturated heterocycles. The van der Waals surface area contributed by atoms with Crippen molar-refractivity contribution in [3.63, 3.8) is 0 Å². The molecule has 0 amide bonds. The van der Waals surface area contributed by atoms with Gasteiger partial charge in [-0.05, 0) is 45.4 Å². The lowest BCUT2D eigenvalue weighted by atomic mass is 10.2. The van der Waals surface area contributed by atoms with Crippen LogP contribution in [0.15, 0.2) is 34.1 Å². The number of nitrogens with two attached hydrogens (primary N) is 1. The average Bonchev–Trinajstić information content (AvgIpc) is 2.72. The molecule has 0 aliphatic carbocycles. The first-order chi connectivity index (χ1) is 11.2. The fraction of sp³-hybridized carbons (Fsp3) is 0.353. The zero-order chi connectivity index (χ0) is 18.1. The maximum Gasteiger partial charge on any atom is 0.326 e. The van der Waals surface area contributed by atoms with Gasteiger partial charge in [0.2, 0.25) is 9.84 Å². The van der Waals surface area contributed by atoms with Crippen LogP contribution in [-0.2, 0) is 25.9 Å². The van der Waals surface area contributed by atoms with Gasteiger partial charge >= 0.3 is 5.97 Å². The highest BCUT2D eigenvalue weighted by atomic mass is 32.2. The fourth-order valence-electron chi connectivity index (χ4n) is 2.58. The van der Waals surface area contributed by atoms with Crippen molar-refractivity contribution in [2.75, 3.05) is 12.3 Å².